The third-order valence-corrected chi connectivity index (χ3v) is 9.15. The summed E-state index contributed by atoms with van der Waals surface area (Å²) in [5.74, 6) is 3.52. The molecule has 0 aliphatic heterocycles. The van der Waals surface area contributed by atoms with Crippen molar-refractivity contribution in [3.05, 3.63) is 23.3 Å². The molecule has 6 unspecified atom stereocenters. The predicted octanol–water partition coefficient (Wildman–Crippen LogP) is 7.88. The van der Waals surface area contributed by atoms with Gasteiger partial charge in [-0.1, -0.05) is 66.2 Å². The van der Waals surface area contributed by atoms with Gasteiger partial charge in [0.2, 0.25) is 0 Å². The van der Waals surface area contributed by atoms with E-state index in [1.54, 1.807) is 5.57 Å². The van der Waals surface area contributed by atoms with Crippen molar-refractivity contribution in [2.24, 2.45) is 40.4 Å². The number of hydrogen-bond donors (Lipinski definition) is 0. The molecule has 174 valence electrons. The van der Waals surface area contributed by atoms with Crippen LogP contribution in [0.3, 0.4) is 0 Å². The highest BCUT2D eigenvalue weighted by atomic mass is 16.6. The van der Waals surface area contributed by atoms with Crippen LogP contribution in [0.25, 0.3) is 0 Å². The van der Waals surface area contributed by atoms with Crippen LogP contribution in [0.15, 0.2) is 23.3 Å². The van der Waals surface area contributed by atoms with Crippen molar-refractivity contribution in [2.45, 2.75) is 112 Å². The summed E-state index contributed by atoms with van der Waals surface area (Å²) in [5.41, 5.74) is 2.84. The van der Waals surface area contributed by atoms with Gasteiger partial charge in [0.1, 0.15) is 5.60 Å². The molecule has 5 aliphatic rings. The number of carbonyl (C=O) groups is 1. The fourth-order valence-corrected chi connectivity index (χ4v) is 7.82. The molecule has 0 saturated heterocycles. The summed E-state index contributed by atoms with van der Waals surface area (Å²) >= 11 is 0. The van der Waals surface area contributed by atoms with E-state index in [0.29, 0.717) is 23.2 Å². The van der Waals surface area contributed by atoms with Gasteiger partial charge in [-0.15, -0.1) is 0 Å². The van der Waals surface area contributed by atoms with Crippen LogP contribution >= 0.6 is 0 Å². The maximum Gasteiger partial charge on any atom is 0.334 e. The Balaban J connectivity index is 1.44. The monoisotopic (exact) mass is 426 g/mol. The zero-order valence-electron chi connectivity index (χ0n) is 21.2. The van der Waals surface area contributed by atoms with Gasteiger partial charge in [-0.25, -0.2) is 4.79 Å². The Kier molecular flexibility index (Phi) is 6.02. The average Bonchev–Trinajstić information content (AvgIpc) is 2.94. The SMILES string of the molecule is CCC1(OC(=O)C2=CCC=C(C(CC(C)(C)C)C(C)(C)C)CC2)C2CC3CC(C2)C1C3. The molecule has 5 rings (SSSR count). The van der Waals surface area contributed by atoms with Crippen LogP contribution in [0.5, 0.6) is 0 Å². The summed E-state index contributed by atoms with van der Waals surface area (Å²) in [6.07, 6.45) is 14.7. The molecule has 0 N–H and O–H groups in total. The summed E-state index contributed by atoms with van der Waals surface area (Å²) in [5, 5.41) is 0. The summed E-state index contributed by atoms with van der Waals surface area (Å²) in [7, 11) is 0. The normalized spacial score (nSPS) is 36.1. The smallest absolute Gasteiger partial charge is 0.334 e. The Morgan fingerprint density at radius 3 is 2.42 bits per heavy atom. The molecule has 4 saturated carbocycles. The first-order valence-corrected chi connectivity index (χ1v) is 13.0. The molecule has 0 aromatic heterocycles. The van der Waals surface area contributed by atoms with Crippen LogP contribution in [0.1, 0.15) is 106 Å². The molecular formula is C29H46O2. The van der Waals surface area contributed by atoms with Gasteiger partial charge >= 0.3 is 5.97 Å². The Hall–Kier alpha value is -1.05. The summed E-state index contributed by atoms with van der Waals surface area (Å²) in [4.78, 5) is 13.4. The second kappa shape index (κ2) is 8.07. The minimum atomic E-state index is -0.168. The quantitative estimate of drug-likeness (QED) is 0.330. The maximum absolute atomic E-state index is 13.4. The van der Waals surface area contributed by atoms with Gasteiger partial charge in [0, 0.05) is 11.5 Å². The maximum atomic E-state index is 13.4. The van der Waals surface area contributed by atoms with E-state index in [1.165, 1.54) is 32.1 Å². The second-order valence-corrected chi connectivity index (χ2v) is 13.5. The van der Waals surface area contributed by atoms with Crippen molar-refractivity contribution < 1.29 is 9.53 Å². The largest absolute Gasteiger partial charge is 0.455 e. The summed E-state index contributed by atoms with van der Waals surface area (Å²) < 4.78 is 6.52. The summed E-state index contributed by atoms with van der Waals surface area (Å²) in [6, 6.07) is 0. The van der Waals surface area contributed by atoms with Crippen molar-refractivity contribution in [1.29, 1.82) is 0 Å². The van der Waals surface area contributed by atoms with E-state index in [-0.39, 0.29) is 17.0 Å². The van der Waals surface area contributed by atoms with Crippen molar-refractivity contribution in [3.63, 3.8) is 0 Å². The van der Waals surface area contributed by atoms with Crippen LogP contribution in [0.4, 0.5) is 0 Å². The molecule has 0 aromatic rings. The number of allylic oxidation sites excluding steroid dienone is 3. The molecule has 5 aliphatic carbocycles. The third kappa shape index (κ3) is 4.42. The van der Waals surface area contributed by atoms with Crippen molar-refractivity contribution in [1.82, 2.24) is 0 Å². The van der Waals surface area contributed by atoms with Crippen LogP contribution in [-0.4, -0.2) is 11.6 Å². The van der Waals surface area contributed by atoms with E-state index in [4.69, 9.17) is 4.74 Å². The van der Waals surface area contributed by atoms with Gasteiger partial charge < -0.3 is 4.74 Å². The van der Waals surface area contributed by atoms with Crippen LogP contribution in [-0.2, 0) is 9.53 Å². The minimum absolute atomic E-state index is 0.00405. The number of carbonyl (C=O) groups excluding carboxylic acids is 1. The molecule has 0 spiro atoms. The highest BCUT2D eigenvalue weighted by molar-refractivity contribution is 5.89. The molecule has 0 radical (unpaired) electrons. The molecule has 0 amide bonds. The molecule has 0 aromatic carbocycles. The lowest BCUT2D eigenvalue weighted by Crippen LogP contribution is -2.47. The molecule has 2 nitrogen and oxygen atoms in total. The van der Waals surface area contributed by atoms with Gasteiger partial charge in [-0.05, 0) is 92.3 Å². The lowest BCUT2D eigenvalue weighted by molar-refractivity contribution is -0.170. The lowest BCUT2D eigenvalue weighted by Gasteiger charge is -2.43. The van der Waals surface area contributed by atoms with Crippen LogP contribution in [0, 0.1) is 40.4 Å². The van der Waals surface area contributed by atoms with Crippen LogP contribution < -0.4 is 0 Å². The number of ether oxygens (including phenoxy) is 1. The zero-order valence-corrected chi connectivity index (χ0v) is 21.2. The van der Waals surface area contributed by atoms with Gasteiger partial charge in [0.05, 0.1) is 0 Å². The zero-order chi connectivity index (χ0) is 22.6. The highest BCUT2D eigenvalue weighted by Gasteiger charge is 2.63. The first-order chi connectivity index (χ1) is 14.4. The van der Waals surface area contributed by atoms with Gasteiger partial charge in [0.25, 0.3) is 0 Å². The molecular weight excluding hydrogens is 380 g/mol. The molecule has 4 fully saturated rings. The Bertz CT molecular complexity index is 755. The topological polar surface area (TPSA) is 26.3 Å². The first kappa shape index (κ1) is 23.1. The second-order valence-electron chi connectivity index (χ2n) is 13.5. The fourth-order valence-electron chi connectivity index (χ4n) is 7.82. The number of esters is 1. The Morgan fingerprint density at radius 2 is 1.81 bits per heavy atom. The van der Waals surface area contributed by atoms with Gasteiger partial charge in [-0.3, -0.25) is 0 Å². The molecule has 6 atom stereocenters. The fraction of sp³-hybridized carbons (Fsp3) is 0.828. The van der Waals surface area contributed by atoms with E-state index in [2.05, 4.69) is 60.6 Å². The first-order valence-electron chi connectivity index (χ1n) is 13.0. The van der Waals surface area contributed by atoms with E-state index < -0.39 is 0 Å². The van der Waals surface area contributed by atoms with E-state index >= 15 is 0 Å². The molecule has 31 heavy (non-hydrogen) atoms. The standard InChI is InChI=1S/C29H46O2/c1-8-29(23-15-19-14-22(17-23)24(29)16-19)31-26(30)21-11-9-10-20(12-13-21)25(28(5,6)7)18-27(2,3)4/h10-11,19,22-25H,8-9,12-18H2,1-7H3. The Morgan fingerprint density at radius 1 is 1.06 bits per heavy atom. The number of hydrogen-bond acceptors (Lipinski definition) is 2. The van der Waals surface area contributed by atoms with Gasteiger partial charge in [0.15, 0.2) is 0 Å². The lowest BCUT2D eigenvalue weighted by atomic mass is 9.68. The van der Waals surface area contributed by atoms with E-state index in [0.717, 1.165) is 43.1 Å². The van der Waals surface area contributed by atoms with E-state index in [9.17, 15) is 4.79 Å². The van der Waals surface area contributed by atoms with E-state index in [1.807, 2.05) is 0 Å². The molecule has 2 heteroatoms. The molecule has 0 heterocycles. The van der Waals surface area contributed by atoms with Crippen molar-refractivity contribution in [2.75, 3.05) is 0 Å². The predicted molar refractivity (Wildman–Crippen MR) is 129 cm³/mol. The third-order valence-electron chi connectivity index (χ3n) is 9.15. The Labute approximate surface area is 191 Å². The summed E-state index contributed by atoms with van der Waals surface area (Å²) in [6.45, 7) is 16.4. The molecule has 4 bridgehead atoms. The number of rotatable bonds is 5. The van der Waals surface area contributed by atoms with Crippen molar-refractivity contribution in [3.8, 4) is 0 Å². The van der Waals surface area contributed by atoms with Crippen molar-refractivity contribution >= 4 is 5.97 Å². The minimum Gasteiger partial charge on any atom is -0.455 e. The van der Waals surface area contributed by atoms with Gasteiger partial charge in [-0.2, -0.15) is 0 Å². The average molecular weight is 427 g/mol. The van der Waals surface area contributed by atoms with Crippen LogP contribution in [0.2, 0.25) is 0 Å². The highest BCUT2D eigenvalue weighted by Crippen LogP contribution is 2.65.